The predicted octanol–water partition coefficient (Wildman–Crippen LogP) is 14.4. The third kappa shape index (κ3) is 5.25. The van der Waals surface area contributed by atoms with Gasteiger partial charge in [0.25, 0.3) is 0 Å². The van der Waals surface area contributed by atoms with Crippen molar-refractivity contribution in [2.24, 2.45) is 0 Å². The van der Waals surface area contributed by atoms with Gasteiger partial charge in [-0.2, -0.15) is 0 Å². The number of rotatable bonds is 6. The molecule has 2 aromatic heterocycles. The summed E-state index contributed by atoms with van der Waals surface area (Å²) in [6.07, 6.45) is 2.23. The van der Waals surface area contributed by atoms with E-state index in [-0.39, 0.29) is 0 Å². The summed E-state index contributed by atoms with van der Waals surface area (Å²) in [4.78, 5) is 15.7. The van der Waals surface area contributed by atoms with Gasteiger partial charge in [-0.3, -0.25) is 0 Å². The summed E-state index contributed by atoms with van der Waals surface area (Å²) in [6.45, 7) is 0. The molecule has 0 fully saturated rings. The summed E-state index contributed by atoms with van der Waals surface area (Å²) in [5.74, 6) is 1.88. The molecule has 0 spiro atoms. The maximum Gasteiger partial charge on any atom is 0.164 e. The van der Waals surface area contributed by atoms with Gasteiger partial charge in [0.1, 0.15) is 0 Å². The van der Waals surface area contributed by atoms with E-state index in [0.29, 0.717) is 17.5 Å². The Balaban J connectivity index is 0.976. The molecular formula is C57H35N5. The fraction of sp³-hybridized carbons (Fsp3) is 0. The lowest BCUT2D eigenvalue weighted by Crippen LogP contribution is -2.06. The maximum atomic E-state index is 5.23. The van der Waals surface area contributed by atoms with Gasteiger partial charge >= 0.3 is 0 Å². The van der Waals surface area contributed by atoms with E-state index in [2.05, 4.69) is 209 Å². The monoisotopic (exact) mass is 789 g/mol. The average molecular weight is 790 g/mol. The minimum absolute atomic E-state index is 0.621. The van der Waals surface area contributed by atoms with Gasteiger partial charge in [0.05, 0.1) is 27.8 Å². The Kier molecular flexibility index (Phi) is 7.54. The van der Waals surface area contributed by atoms with Crippen molar-refractivity contribution in [2.75, 3.05) is 0 Å². The highest BCUT2D eigenvalue weighted by Crippen LogP contribution is 2.44. The molecule has 13 rings (SSSR count). The minimum Gasteiger partial charge on any atom is -0.313 e. The molecule has 0 radical (unpaired) electrons. The number of nitrogens with zero attached hydrogens (tertiary/aromatic N) is 5. The molecule has 288 valence electrons. The first-order valence-electron chi connectivity index (χ1n) is 21.0. The van der Waals surface area contributed by atoms with Gasteiger partial charge in [-0.15, -0.1) is 0 Å². The zero-order valence-electron chi connectivity index (χ0n) is 33.4. The molecule has 0 amide bonds. The van der Waals surface area contributed by atoms with Crippen molar-refractivity contribution in [3.8, 4) is 73.2 Å². The molecule has 11 aromatic rings. The normalized spacial score (nSPS) is 11.9. The molecule has 2 aliphatic rings. The van der Waals surface area contributed by atoms with Crippen LogP contribution in [0.5, 0.6) is 0 Å². The molecule has 9 aromatic carbocycles. The smallest absolute Gasteiger partial charge is 0.164 e. The largest absolute Gasteiger partial charge is 0.313 e. The van der Waals surface area contributed by atoms with Crippen LogP contribution in [-0.2, 0) is 0 Å². The quantitative estimate of drug-likeness (QED) is 0.125. The van der Waals surface area contributed by atoms with E-state index in [0.717, 1.165) is 50.1 Å². The second-order valence-electron chi connectivity index (χ2n) is 16.0. The Morgan fingerprint density at radius 2 is 0.871 bits per heavy atom. The summed E-state index contributed by atoms with van der Waals surface area (Å²) >= 11 is 0. The number of fused-ring (bicyclic) bond motifs is 6. The molecule has 5 heteroatoms. The van der Waals surface area contributed by atoms with E-state index in [9.17, 15) is 0 Å². The minimum atomic E-state index is 0.621. The maximum absolute atomic E-state index is 5.23. The number of hydrogen-bond donors (Lipinski definition) is 0. The van der Waals surface area contributed by atoms with E-state index >= 15 is 0 Å². The molecule has 0 saturated heterocycles. The lowest BCUT2D eigenvalue weighted by atomic mass is 9.98. The first-order chi connectivity index (χ1) is 30.7. The van der Waals surface area contributed by atoms with Crippen molar-refractivity contribution in [1.82, 2.24) is 23.9 Å². The predicted molar refractivity (Wildman–Crippen MR) is 255 cm³/mol. The van der Waals surface area contributed by atoms with Crippen molar-refractivity contribution < 1.29 is 0 Å². The Bertz CT molecular complexity index is 3690. The van der Waals surface area contributed by atoms with Crippen LogP contribution in [0.1, 0.15) is 0 Å². The van der Waals surface area contributed by atoms with E-state index in [1.807, 2.05) is 12.1 Å². The van der Waals surface area contributed by atoms with Crippen LogP contribution in [-0.4, -0.2) is 23.9 Å². The SMILES string of the molecule is c1ccc(-c2ccccc2-c2nc(-c3ccc(-c4ccc5c6cc7cccc8ccn9c%10ccccc%10n(c5c4)c6c-9c87)cc3)nc(-c3ccccc3-c3ccccc3)n2)cc1. The molecule has 0 unspecified atom stereocenters. The lowest BCUT2D eigenvalue weighted by molar-refractivity contribution is 1.07. The summed E-state index contributed by atoms with van der Waals surface area (Å²) in [7, 11) is 0. The highest BCUT2D eigenvalue weighted by molar-refractivity contribution is 6.23. The van der Waals surface area contributed by atoms with Gasteiger partial charge in [0.2, 0.25) is 0 Å². The number of para-hydroxylation sites is 2. The standard InChI is InChI=1S/C57H35N5/c1-3-14-37(15-4-1)43-20-7-9-22-46(43)56-58-55(59-57(60-56)47-23-10-8-21-44(47)38-16-5-2-6-17-38)40-28-26-36(27-29-40)41-30-31-45-48-34-42-19-13-18-39-32-33-61-49-24-11-12-25-50(49)62(51(45)35-41)53(48)54(61)52(39)42/h1-35H. The van der Waals surface area contributed by atoms with Gasteiger partial charge in [0, 0.05) is 39.0 Å². The number of pyridine rings is 1. The third-order valence-electron chi connectivity index (χ3n) is 12.5. The molecule has 5 nitrogen and oxygen atoms in total. The number of benzene rings is 9. The fourth-order valence-corrected chi connectivity index (χ4v) is 9.69. The Morgan fingerprint density at radius 1 is 0.323 bits per heavy atom. The molecule has 4 heterocycles. The Hall–Kier alpha value is -8.41. The highest BCUT2D eigenvalue weighted by Gasteiger charge is 2.24. The van der Waals surface area contributed by atoms with Crippen LogP contribution < -0.4 is 0 Å². The Morgan fingerprint density at radius 3 is 1.55 bits per heavy atom. The average Bonchev–Trinajstić information content (AvgIpc) is 3.68. The molecule has 2 aliphatic heterocycles. The molecular weight excluding hydrogens is 755 g/mol. The van der Waals surface area contributed by atoms with Crippen molar-refractivity contribution in [1.29, 1.82) is 0 Å². The van der Waals surface area contributed by atoms with Crippen LogP contribution in [0, 0.1) is 0 Å². The van der Waals surface area contributed by atoms with Crippen molar-refractivity contribution >= 4 is 49.0 Å². The number of hydrogen-bond acceptors (Lipinski definition) is 3. The number of aromatic nitrogens is 5. The second kappa shape index (κ2) is 13.6. The van der Waals surface area contributed by atoms with Gasteiger partial charge in [-0.05, 0) is 74.5 Å². The van der Waals surface area contributed by atoms with E-state index in [1.54, 1.807) is 0 Å². The first kappa shape index (κ1) is 34.5. The summed E-state index contributed by atoms with van der Waals surface area (Å²) in [5.41, 5.74) is 15.5. The van der Waals surface area contributed by atoms with Gasteiger partial charge < -0.3 is 8.97 Å². The van der Waals surface area contributed by atoms with Crippen molar-refractivity contribution in [2.45, 2.75) is 0 Å². The van der Waals surface area contributed by atoms with Crippen LogP contribution in [0.4, 0.5) is 0 Å². The van der Waals surface area contributed by atoms with E-state index in [1.165, 1.54) is 54.7 Å². The van der Waals surface area contributed by atoms with Crippen molar-refractivity contribution in [3.63, 3.8) is 0 Å². The fourth-order valence-electron chi connectivity index (χ4n) is 9.69. The first-order valence-corrected chi connectivity index (χ1v) is 21.0. The molecule has 0 N–H and O–H groups in total. The Labute approximate surface area is 357 Å². The van der Waals surface area contributed by atoms with Crippen LogP contribution in [0.2, 0.25) is 0 Å². The van der Waals surface area contributed by atoms with Crippen molar-refractivity contribution in [3.05, 3.63) is 212 Å². The molecule has 0 bridgehead atoms. The topological polar surface area (TPSA) is 48.0 Å². The molecule has 0 aliphatic carbocycles. The molecule has 0 atom stereocenters. The zero-order valence-corrected chi connectivity index (χ0v) is 33.4. The third-order valence-corrected chi connectivity index (χ3v) is 12.5. The van der Waals surface area contributed by atoms with Crippen LogP contribution in [0.3, 0.4) is 0 Å². The van der Waals surface area contributed by atoms with Crippen LogP contribution in [0.25, 0.3) is 122 Å². The van der Waals surface area contributed by atoms with Crippen LogP contribution >= 0.6 is 0 Å². The summed E-state index contributed by atoms with van der Waals surface area (Å²) in [6, 6.07) is 73.2. The van der Waals surface area contributed by atoms with Gasteiger partial charge in [0.15, 0.2) is 17.5 Å². The highest BCUT2D eigenvalue weighted by atomic mass is 15.1. The van der Waals surface area contributed by atoms with Gasteiger partial charge in [-0.25, -0.2) is 15.0 Å². The van der Waals surface area contributed by atoms with E-state index < -0.39 is 0 Å². The second-order valence-corrected chi connectivity index (χ2v) is 16.0. The lowest BCUT2D eigenvalue weighted by Gasteiger charge is -2.22. The molecule has 0 saturated carbocycles. The van der Waals surface area contributed by atoms with Gasteiger partial charge in [-0.1, -0.05) is 176 Å². The summed E-state index contributed by atoms with van der Waals surface area (Å²) < 4.78 is 4.86. The summed E-state index contributed by atoms with van der Waals surface area (Å²) in [5, 5.41) is 6.32. The van der Waals surface area contributed by atoms with Crippen LogP contribution in [0.15, 0.2) is 212 Å². The van der Waals surface area contributed by atoms with E-state index in [4.69, 9.17) is 15.0 Å². The molecule has 62 heavy (non-hydrogen) atoms. The zero-order chi connectivity index (χ0) is 40.7.